The van der Waals surface area contributed by atoms with Crippen molar-refractivity contribution in [3.8, 4) is 0 Å². The van der Waals surface area contributed by atoms with Gasteiger partial charge < -0.3 is 10.4 Å². The van der Waals surface area contributed by atoms with Gasteiger partial charge in [-0.2, -0.15) is 0 Å². The number of nitrogens with zero attached hydrogens (tertiary/aromatic N) is 1. The van der Waals surface area contributed by atoms with Gasteiger partial charge >= 0.3 is 0 Å². The molecule has 0 radical (unpaired) electrons. The number of aliphatic hydroxyl groups excluding tert-OH is 1. The van der Waals surface area contributed by atoms with Crippen molar-refractivity contribution in [3.63, 3.8) is 0 Å². The summed E-state index contributed by atoms with van der Waals surface area (Å²) >= 11 is 0. The summed E-state index contributed by atoms with van der Waals surface area (Å²) in [7, 11) is 0. The maximum absolute atomic E-state index is 10.6. The average molecular weight is 280 g/mol. The van der Waals surface area contributed by atoms with Crippen LogP contribution >= 0.6 is 0 Å². The molecule has 2 atom stereocenters. The summed E-state index contributed by atoms with van der Waals surface area (Å²) in [6.45, 7) is 6.91. The number of aliphatic hydroxyl groups is 1. The third kappa shape index (κ3) is 4.58. The average Bonchev–Trinajstić information content (AvgIpc) is 2.46. The molecule has 0 amide bonds. The van der Waals surface area contributed by atoms with Gasteiger partial charge in [0.15, 0.2) is 0 Å². The van der Waals surface area contributed by atoms with Crippen LogP contribution < -0.4 is 5.32 Å². The van der Waals surface area contributed by atoms with Gasteiger partial charge in [-0.1, -0.05) is 26.7 Å². The second-order valence-corrected chi connectivity index (χ2v) is 5.14. The molecular formula is C15H24N2O3. The number of hydrogen-bond donors (Lipinski definition) is 2. The molecule has 0 aliphatic rings. The first-order valence-corrected chi connectivity index (χ1v) is 7.15. The van der Waals surface area contributed by atoms with Crippen molar-refractivity contribution in [3.05, 3.63) is 39.9 Å². The van der Waals surface area contributed by atoms with E-state index >= 15 is 0 Å². The molecule has 0 heterocycles. The van der Waals surface area contributed by atoms with Crippen LogP contribution in [0.25, 0.3) is 0 Å². The number of nitro groups is 1. The SMILES string of the molecule is CCC(CC)C(C)NCC(O)c1ccc([N+](=O)[O-])cc1. The third-order valence-corrected chi connectivity index (χ3v) is 3.88. The van der Waals surface area contributed by atoms with Crippen molar-refractivity contribution in [1.29, 1.82) is 0 Å². The zero-order valence-corrected chi connectivity index (χ0v) is 12.4. The monoisotopic (exact) mass is 280 g/mol. The second kappa shape index (κ2) is 7.97. The van der Waals surface area contributed by atoms with E-state index in [9.17, 15) is 15.2 Å². The van der Waals surface area contributed by atoms with Crippen molar-refractivity contribution in [2.75, 3.05) is 6.54 Å². The lowest BCUT2D eigenvalue weighted by atomic mass is 9.95. The Labute approximate surface area is 120 Å². The van der Waals surface area contributed by atoms with Gasteiger partial charge in [-0.05, 0) is 30.5 Å². The molecule has 0 aromatic heterocycles. The van der Waals surface area contributed by atoms with Crippen LogP contribution in [-0.4, -0.2) is 22.6 Å². The molecule has 112 valence electrons. The van der Waals surface area contributed by atoms with Crippen LogP contribution in [0.3, 0.4) is 0 Å². The van der Waals surface area contributed by atoms with Gasteiger partial charge in [-0.25, -0.2) is 0 Å². The molecule has 0 saturated carbocycles. The summed E-state index contributed by atoms with van der Waals surface area (Å²) in [5, 5.41) is 24.0. The Hall–Kier alpha value is -1.46. The molecule has 1 rings (SSSR count). The Balaban J connectivity index is 2.54. The van der Waals surface area contributed by atoms with Crippen LogP contribution in [0.15, 0.2) is 24.3 Å². The zero-order valence-electron chi connectivity index (χ0n) is 12.4. The minimum atomic E-state index is -0.646. The Kier molecular flexibility index (Phi) is 6.61. The van der Waals surface area contributed by atoms with Gasteiger partial charge in [0.25, 0.3) is 5.69 Å². The fourth-order valence-corrected chi connectivity index (χ4v) is 2.40. The minimum Gasteiger partial charge on any atom is -0.387 e. The standard InChI is InChI=1S/C15H24N2O3/c1-4-12(5-2)11(3)16-10-15(18)13-6-8-14(9-7-13)17(19)20/h6-9,11-12,15-16,18H,4-5,10H2,1-3H3. The molecular weight excluding hydrogens is 256 g/mol. The molecule has 1 aromatic rings. The van der Waals surface area contributed by atoms with E-state index in [2.05, 4.69) is 26.1 Å². The predicted molar refractivity (Wildman–Crippen MR) is 79.6 cm³/mol. The topological polar surface area (TPSA) is 75.4 Å². The van der Waals surface area contributed by atoms with E-state index in [4.69, 9.17) is 0 Å². The quantitative estimate of drug-likeness (QED) is 0.567. The number of nitrogens with one attached hydrogen (secondary N) is 1. The van der Waals surface area contributed by atoms with E-state index in [1.54, 1.807) is 12.1 Å². The lowest BCUT2D eigenvalue weighted by Gasteiger charge is -2.24. The third-order valence-electron chi connectivity index (χ3n) is 3.88. The van der Waals surface area contributed by atoms with Crippen molar-refractivity contribution < 1.29 is 10.0 Å². The highest BCUT2D eigenvalue weighted by atomic mass is 16.6. The number of rotatable bonds is 8. The highest BCUT2D eigenvalue weighted by Crippen LogP contribution is 2.18. The van der Waals surface area contributed by atoms with E-state index in [1.807, 2.05) is 0 Å². The minimum absolute atomic E-state index is 0.0410. The van der Waals surface area contributed by atoms with E-state index in [0.29, 0.717) is 24.1 Å². The molecule has 0 saturated heterocycles. The summed E-state index contributed by atoms with van der Waals surface area (Å²) < 4.78 is 0. The van der Waals surface area contributed by atoms with E-state index in [0.717, 1.165) is 12.8 Å². The molecule has 0 spiro atoms. The van der Waals surface area contributed by atoms with Crippen molar-refractivity contribution in [1.82, 2.24) is 5.32 Å². The Morgan fingerprint density at radius 2 is 1.80 bits per heavy atom. The first-order valence-electron chi connectivity index (χ1n) is 7.15. The fourth-order valence-electron chi connectivity index (χ4n) is 2.40. The van der Waals surface area contributed by atoms with E-state index in [1.165, 1.54) is 12.1 Å². The molecule has 2 unspecified atom stereocenters. The van der Waals surface area contributed by atoms with Crippen LogP contribution in [-0.2, 0) is 0 Å². The van der Waals surface area contributed by atoms with Crippen LogP contribution in [0, 0.1) is 16.0 Å². The zero-order chi connectivity index (χ0) is 15.1. The van der Waals surface area contributed by atoms with Gasteiger partial charge in [0.2, 0.25) is 0 Å². The Morgan fingerprint density at radius 1 is 1.25 bits per heavy atom. The first-order chi connectivity index (χ1) is 9.49. The van der Waals surface area contributed by atoms with E-state index < -0.39 is 11.0 Å². The van der Waals surface area contributed by atoms with Gasteiger partial charge in [-0.15, -0.1) is 0 Å². The van der Waals surface area contributed by atoms with Gasteiger partial charge in [0.1, 0.15) is 0 Å². The number of nitro benzene ring substituents is 1. The summed E-state index contributed by atoms with van der Waals surface area (Å²) in [4.78, 5) is 10.1. The number of non-ortho nitro benzene ring substituents is 1. The highest BCUT2D eigenvalue weighted by Gasteiger charge is 2.15. The normalized spacial score (nSPS) is 14.2. The highest BCUT2D eigenvalue weighted by molar-refractivity contribution is 5.33. The smallest absolute Gasteiger partial charge is 0.269 e. The molecule has 2 N–H and O–H groups in total. The van der Waals surface area contributed by atoms with Crippen LogP contribution in [0.1, 0.15) is 45.3 Å². The largest absolute Gasteiger partial charge is 0.387 e. The maximum atomic E-state index is 10.6. The lowest BCUT2D eigenvalue weighted by molar-refractivity contribution is -0.384. The Bertz CT molecular complexity index is 416. The molecule has 1 aromatic carbocycles. The molecule has 20 heavy (non-hydrogen) atoms. The van der Waals surface area contributed by atoms with Crippen LogP contribution in [0.2, 0.25) is 0 Å². The molecule has 0 aliphatic carbocycles. The molecule has 0 fully saturated rings. The molecule has 5 nitrogen and oxygen atoms in total. The second-order valence-electron chi connectivity index (χ2n) is 5.14. The van der Waals surface area contributed by atoms with Gasteiger partial charge in [0, 0.05) is 24.7 Å². The summed E-state index contributed by atoms with van der Waals surface area (Å²) in [6.07, 6.45) is 1.57. The molecule has 5 heteroatoms. The molecule has 0 bridgehead atoms. The maximum Gasteiger partial charge on any atom is 0.269 e. The summed E-state index contributed by atoms with van der Waals surface area (Å²) in [6, 6.07) is 6.39. The summed E-state index contributed by atoms with van der Waals surface area (Å²) in [5.74, 6) is 0.596. The summed E-state index contributed by atoms with van der Waals surface area (Å²) in [5.41, 5.74) is 0.735. The number of benzene rings is 1. The lowest BCUT2D eigenvalue weighted by Crippen LogP contribution is -2.35. The fraction of sp³-hybridized carbons (Fsp3) is 0.600. The first kappa shape index (κ1) is 16.6. The van der Waals surface area contributed by atoms with Crippen molar-refractivity contribution in [2.45, 2.75) is 45.8 Å². The van der Waals surface area contributed by atoms with Gasteiger partial charge in [-0.3, -0.25) is 10.1 Å². The van der Waals surface area contributed by atoms with E-state index in [-0.39, 0.29) is 5.69 Å². The van der Waals surface area contributed by atoms with Crippen molar-refractivity contribution >= 4 is 5.69 Å². The van der Waals surface area contributed by atoms with Crippen LogP contribution in [0.4, 0.5) is 5.69 Å². The predicted octanol–water partition coefficient (Wildman–Crippen LogP) is 3.04. The Morgan fingerprint density at radius 3 is 2.25 bits per heavy atom. The van der Waals surface area contributed by atoms with Gasteiger partial charge in [0.05, 0.1) is 11.0 Å². The number of hydrogen-bond acceptors (Lipinski definition) is 4. The van der Waals surface area contributed by atoms with Crippen molar-refractivity contribution in [2.24, 2.45) is 5.92 Å². The molecule has 0 aliphatic heterocycles. The van der Waals surface area contributed by atoms with Crippen LogP contribution in [0.5, 0.6) is 0 Å².